The molecule has 0 radical (unpaired) electrons. The van der Waals surface area contributed by atoms with Gasteiger partial charge in [0.2, 0.25) is 0 Å². The molecule has 0 aromatic heterocycles. The van der Waals surface area contributed by atoms with E-state index in [9.17, 15) is 0 Å². The van der Waals surface area contributed by atoms with E-state index in [1.165, 1.54) is 17.5 Å². The maximum Gasteiger partial charge on any atom is 0.0208 e. The fourth-order valence-electron chi connectivity index (χ4n) is 1.75. The van der Waals surface area contributed by atoms with Crippen molar-refractivity contribution in [3.63, 3.8) is 0 Å². The van der Waals surface area contributed by atoms with Crippen LogP contribution in [0.3, 0.4) is 0 Å². The number of hydrogen-bond donors (Lipinski definition) is 1. The fraction of sp³-hybridized carbons (Fsp3) is 0.455. The summed E-state index contributed by atoms with van der Waals surface area (Å²) in [7, 11) is 0. The normalized spacial score (nSPS) is 14.5. The third-order valence-corrected chi connectivity index (χ3v) is 2.57. The molecule has 1 N–H and O–H groups in total. The minimum atomic E-state index is 0. The Labute approximate surface area is 86.0 Å². The van der Waals surface area contributed by atoms with Gasteiger partial charge in [0, 0.05) is 6.54 Å². The van der Waals surface area contributed by atoms with Crippen LogP contribution in [0.5, 0.6) is 0 Å². The largest absolute Gasteiger partial charge is 0.312 e. The predicted molar refractivity (Wildman–Crippen MR) is 58.5 cm³/mol. The zero-order chi connectivity index (χ0) is 8.39. The maximum atomic E-state index is 3.38. The van der Waals surface area contributed by atoms with Crippen molar-refractivity contribution in [3.05, 3.63) is 34.9 Å². The Morgan fingerprint density at radius 1 is 1.31 bits per heavy atom. The van der Waals surface area contributed by atoms with E-state index in [1.54, 1.807) is 5.56 Å². The van der Waals surface area contributed by atoms with Crippen LogP contribution in [0.25, 0.3) is 0 Å². The lowest BCUT2D eigenvalue weighted by molar-refractivity contribution is 0.643. The van der Waals surface area contributed by atoms with Crippen LogP contribution in [0.4, 0.5) is 0 Å². The molecule has 13 heavy (non-hydrogen) atoms. The van der Waals surface area contributed by atoms with Crippen LogP contribution in [0.2, 0.25) is 0 Å². The van der Waals surface area contributed by atoms with Gasteiger partial charge >= 0.3 is 0 Å². The van der Waals surface area contributed by atoms with Crippen LogP contribution in [0.15, 0.2) is 18.2 Å². The molecule has 0 fully saturated rings. The smallest absolute Gasteiger partial charge is 0.0208 e. The number of rotatable bonds is 1. The van der Waals surface area contributed by atoms with Crippen LogP contribution >= 0.6 is 12.4 Å². The second-order valence-electron chi connectivity index (χ2n) is 3.38. The van der Waals surface area contributed by atoms with Gasteiger partial charge < -0.3 is 5.32 Å². The first-order valence-corrected chi connectivity index (χ1v) is 4.71. The highest BCUT2D eigenvalue weighted by atomic mass is 35.5. The van der Waals surface area contributed by atoms with Crippen LogP contribution in [-0.4, -0.2) is 6.54 Å². The molecule has 1 nitrogen and oxygen atoms in total. The highest BCUT2D eigenvalue weighted by Gasteiger charge is 2.07. The number of hydrogen-bond acceptors (Lipinski definition) is 1. The Hall–Kier alpha value is -0.530. The van der Waals surface area contributed by atoms with Crippen molar-refractivity contribution in [2.75, 3.05) is 6.54 Å². The Morgan fingerprint density at radius 2 is 2.15 bits per heavy atom. The lowest BCUT2D eigenvalue weighted by atomic mass is 9.98. The zero-order valence-electron chi connectivity index (χ0n) is 7.97. The quantitative estimate of drug-likeness (QED) is 0.729. The van der Waals surface area contributed by atoms with E-state index >= 15 is 0 Å². The van der Waals surface area contributed by atoms with E-state index in [0.29, 0.717) is 0 Å². The van der Waals surface area contributed by atoms with Crippen LogP contribution < -0.4 is 5.32 Å². The van der Waals surface area contributed by atoms with Crippen molar-refractivity contribution in [1.82, 2.24) is 5.32 Å². The van der Waals surface area contributed by atoms with Gasteiger partial charge in [0.05, 0.1) is 0 Å². The molecule has 1 aromatic rings. The summed E-state index contributed by atoms with van der Waals surface area (Å²) in [6.07, 6.45) is 2.35. The summed E-state index contributed by atoms with van der Waals surface area (Å²) in [5, 5.41) is 3.38. The molecular weight excluding hydrogens is 182 g/mol. The second-order valence-corrected chi connectivity index (χ2v) is 3.38. The first kappa shape index (κ1) is 10.6. The van der Waals surface area contributed by atoms with E-state index in [4.69, 9.17) is 0 Å². The van der Waals surface area contributed by atoms with Gasteiger partial charge in [-0.05, 0) is 36.1 Å². The monoisotopic (exact) mass is 197 g/mol. The summed E-state index contributed by atoms with van der Waals surface area (Å²) >= 11 is 0. The van der Waals surface area contributed by atoms with Crippen molar-refractivity contribution in [1.29, 1.82) is 0 Å². The zero-order valence-corrected chi connectivity index (χ0v) is 8.79. The minimum absolute atomic E-state index is 0. The fourth-order valence-corrected chi connectivity index (χ4v) is 1.75. The summed E-state index contributed by atoms with van der Waals surface area (Å²) in [5.74, 6) is 0. The topological polar surface area (TPSA) is 12.0 Å². The van der Waals surface area contributed by atoms with Gasteiger partial charge in [-0.25, -0.2) is 0 Å². The molecule has 0 amide bonds. The molecule has 72 valence electrons. The van der Waals surface area contributed by atoms with Gasteiger partial charge in [0.15, 0.2) is 0 Å². The Balaban J connectivity index is 0.000000845. The molecule has 1 aliphatic rings. The van der Waals surface area contributed by atoms with E-state index in [0.717, 1.165) is 19.5 Å². The second kappa shape index (κ2) is 4.64. The first-order valence-electron chi connectivity index (χ1n) is 4.71. The lowest BCUT2D eigenvalue weighted by Gasteiger charge is -2.17. The van der Waals surface area contributed by atoms with Gasteiger partial charge in [0.1, 0.15) is 0 Å². The molecule has 0 atom stereocenters. The molecule has 1 aliphatic heterocycles. The van der Waals surface area contributed by atoms with Gasteiger partial charge in [-0.1, -0.05) is 25.1 Å². The molecule has 0 saturated carbocycles. The van der Waals surface area contributed by atoms with Gasteiger partial charge in [-0.3, -0.25) is 0 Å². The third kappa shape index (κ3) is 2.23. The third-order valence-electron chi connectivity index (χ3n) is 2.57. The molecule has 1 heterocycles. The molecule has 0 saturated heterocycles. The molecule has 1 aromatic carbocycles. The van der Waals surface area contributed by atoms with Crippen LogP contribution in [0.1, 0.15) is 23.6 Å². The number of aryl methyl sites for hydroxylation is 1. The van der Waals surface area contributed by atoms with E-state index < -0.39 is 0 Å². The molecule has 0 bridgehead atoms. The summed E-state index contributed by atoms with van der Waals surface area (Å²) in [4.78, 5) is 0. The van der Waals surface area contributed by atoms with Crippen molar-refractivity contribution >= 4 is 12.4 Å². The van der Waals surface area contributed by atoms with E-state index in [-0.39, 0.29) is 12.4 Å². The van der Waals surface area contributed by atoms with Gasteiger partial charge in [0.25, 0.3) is 0 Å². The standard InChI is InChI=1S/C11H15N.ClH/c1-2-9-3-4-11-8-12-6-5-10(11)7-9;/h3-4,7,12H,2,5-6,8H2,1H3;1H. The maximum absolute atomic E-state index is 3.38. The highest BCUT2D eigenvalue weighted by Crippen LogP contribution is 2.15. The number of fused-ring (bicyclic) bond motifs is 1. The predicted octanol–water partition coefficient (Wildman–Crippen LogP) is 2.32. The molecule has 0 spiro atoms. The van der Waals surface area contributed by atoms with Gasteiger partial charge in [-0.2, -0.15) is 0 Å². The number of benzene rings is 1. The van der Waals surface area contributed by atoms with Crippen molar-refractivity contribution in [2.24, 2.45) is 0 Å². The minimum Gasteiger partial charge on any atom is -0.312 e. The van der Waals surface area contributed by atoms with Crippen LogP contribution in [-0.2, 0) is 19.4 Å². The Morgan fingerprint density at radius 3 is 2.92 bits per heavy atom. The first-order chi connectivity index (χ1) is 5.90. The van der Waals surface area contributed by atoms with E-state index in [1.807, 2.05) is 0 Å². The van der Waals surface area contributed by atoms with E-state index in [2.05, 4.69) is 30.4 Å². The number of halogens is 1. The average Bonchev–Trinajstić information content (AvgIpc) is 2.17. The van der Waals surface area contributed by atoms with Crippen molar-refractivity contribution in [2.45, 2.75) is 26.3 Å². The van der Waals surface area contributed by atoms with Crippen LogP contribution in [0, 0.1) is 0 Å². The number of nitrogens with one attached hydrogen (secondary N) is 1. The SMILES string of the molecule is CCc1ccc2c(c1)CCNC2.Cl. The molecule has 2 rings (SSSR count). The van der Waals surface area contributed by atoms with Crippen molar-refractivity contribution in [3.8, 4) is 0 Å². The van der Waals surface area contributed by atoms with Crippen molar-refractivity contribution < 1.29 is 0 Å². The lowest BCUT2D eigenvalue weighted by Crippen LogP contribution is -2.23. The highest BCUT2D eigenvalue weighted by molar-refractivity contribution is 5.85. The Bertz CT molecular complexity index is 283. The van der Waals surface area contributed by atoms with Gasteiger partial charge in [-0.15, -0.1) is 12.4 Å². The molecule has 0 aliphatic carbocycles. The molecule has 2 heteroatoms. The summed E-state index contributed by atoms with van der Waals surface area (Å²) in [5.41, 5.74) is 4.50. The average molecular weight is 198 g/mol. The summed E-state index contributed by atoms with van der Waals surface area (Å²) < 4.78 is 0. The Kier molecular flexibility index (Phi) is 3.76. The summed E-state index contributed by atoms with van der Waals surface area (Å²) in [6.45, 7) is 4.41. The molecule has 0 unspecified atom stereocenters. The molecular formula is C11H16ClN. The summed E-state index contributed by atoms with van der Waals surface area (Å²) in [6, 6.07) is 6.86.